The SMILES string of the molecule is COc1cccc2c1C(=O)c1c(O)c3c(c(O)c1C2=O)C[C@@](O)(C(=O)CO)C[C@@H]3O[C@H]1C[C@H](NCc2ccccc2)[C@H](O)[C@H](C)O1. The van der Waals surface area contributed by atoms with Crippen LogP contribution in [0.1, 0.15) is 74.4 Å². The van der Waals surface area contributed by atoms with E-state index in [0.717, 1.165) is 5.56 Å². The fourth-order valence-corrected chi connectivity index (χ4v) is 6.76. The Labute approximate surface area is 264 Å². The van der Waals surface area contributed by atoms with E-state index in [1.165, 1.54) is 25.3 Å². The van der Waals surface area contributed by atoms with Gasteiger partial charge in [-0.25, -0.2) is 0 Å². The molecule has 6 rings (SSSR count). The Morgan fingerprint density at radius 1 is 1.02 bits per heavy atom. The summed E-state index contributed by atoms with van der Waals surface area (Å²) < 4.78 is 17.5. The largest absolute Gasteiger partial charge is 0.507 e. The second kappa shape index (κ2) is 12.2. The number of hydrogen-bond donors (Lipinski definition) is 6. The number of carbonyl (C=O) groups excluding carboxylic acids is 3. The van der Waals surface area contributed by atoms with E-state index in [0.29, 0.717) is 6.54 Å². The second-order valence-corrected chi connectivity index (χ2v) is 12.0. The van der Waals surface area contributed by atoms with Crippen LogP contribution in [0.15, 0.2) is 48.5 Å². The third-order valence-corrected chi connectivity index (χ3v) is 9.17. The Morgan fingerprint density at radius 2 is 1.74 bits per heavy atom. The lowest BCUT2D eigenvalue weighted by Gasteiger charge is -2.43. The first-order valence-electron chi connectivity index (χ1n) is 15.0. The highest BCUT2D eigenvalue weighted by molar-refractivity contribution is 6.31. The van der Waals surface area contributed by atoms with Crippen molar-refractivity contribution in [1.82, 2.24) is 5.32 Å². The molecule has 0 saturated carbocycles. The van der Waals surface area contributed by atoms with Gasteiger partial charge in [-0.3, -0.25) is 14.4 Å². The van der Waals surface area contributed by atoms with E-state index in [1.807, 2.05) is 30.3 Å². The molecule has 242 valence electrons. The van der Waals surface area contributed by atoms with Crippen LogP contribution in [0.25, 0.3) is 0 Å². The number of Topliss-reactive ketones (excluding diaryl/α,β-unsaturated/α-hetero) is 1. The van der Waals surface area contributed by atoms with Gasteiger partial charge in [0.2, 0.25) is 5.78 Å². The highest BCUT2D eigenvalue weighted by Crippen LogP contribution is 2.52. The highest BCUT2D eigenvalue weighted by Gasteiger charge is 2.50. The summed E-state index contributed by atoms with van der Waals surface area (Å²) in [6.45, 7) is 1.09. The number of aromatic hydroxyl groups is 2. The lowest BCUT2D eigenvalue weighted by Crippen LogP contribution is -2.54. The number of aliphatic hydroxyl groups excluding tert-OH is 2. The first kappa shape index (κ1) is 31.8. The van der Waals surface area contributed by atoms with Crippen LogP contribution in [-0.4, -0.2) is 86.7 Å². The van der Waals surface area contributed by atoms with Gasteiger partial charge in [-0.1, -0.05) is 42.5 Å². The molecule has 46 heavy (non-hydrogen) atoms. The fraction of sp³-hybridized carbons (Fsp3) is 0.382. The molecule has 6 N–H and O–H groups in total. The summed E-state index contributed by atoms with van der Waals surface area (Å²) in [6.07, 6.45) is -4.90. The third kappa shape index (κ3) is 5.26. The summed E-state index contributed by atoms with van der Waals surface area (Å²) in [4.78, 5) is 40.3. The zero-order valence-corrected chi connectivity index (χ0v) is 25.2. The Bertz CT molecular complexity index is 1710. The fourth-order valence-electron chi connectivity index (χ4n) is 6.76. The Hall–Kier alpha value is -4.17. The zero-order valence-electron chi connectivity index (χ0n) is 25.2. The van der Waals surface area contributed by atoms with E-state index in [4.69, 9.17) is 14.2 Å². The quantitative estimate of drug-likeness (QED) is 0.155. The molecule has 0 aromatic heterocycles. The molecule has 1 saturated heterocycles. The molecule has 0 spiro atoms. The maximum absolute atomic E-state index is 13.8. The number of hydrogen-bond acceptors (Lipinski definition) is 12. The summed E-state index contributed by atoms with van der Waals surface area (Å²) in [5, 5.41) is 58.5. The number of fused-ring (bicyclic) bond motifs is 3. The van der Waals surface area contributed by atoms with Crippen LogP contribution < -0.4 is 10.1 Å². The minimum atomic E-state index is -2.25. The smallest absolute Gasteiger partial charge is 0.202 e. The van der Waals surface area contributed by atoms with Gasteiger partial charge < -0.3 is 45.1 Å². The molecule has 3 aliphatic rings. The predicted molar refractivity (Wildman–Crippen MR) is 161 cm³/mol. The molecule has 0 bridgehead atoms. The molecule has 1 aliphatic heterocycles. The number of methoxy groups -OCH3 is 1. The number of nitrogens with one attached hydrogen (secondary N) is 1. The molecular weight excluding hydrogens is 598 g/mol. The Kier molecular flexibility index (Phi) is 8.44. The van der Waals surface area contributed by atoms with Crippen LogP contribution >= 0.6 is 0 Å². The number of benzene rings is 3. The molecule has 2 aliphatic carbocycles. The number of aliphatic hydroxyl groups is 3. The van der Waals surface area contributed by atoms with Crippen LogP contribution in [0.5, 0.6) is 17.2 Å². The first-order chi connectivity index (χ1) is 22.0. The van der Waals surface area contributed by atoms with E-state index < -0.39 is 95.7 Å². The first-order valence-corrected chi connectivity index (χ1v) is 15.0. The molecular formula is C34H35NO11. The van der Waals surface area contributed by atoms with Gasteiger partial charge in [-0.15, -0.1) is 0 Å². The number of phenols is 2. The van der Waals surface area contributed by atoms with Gasteiger partial charge >= 0.3 is 0 Å². The molecule has 1 fully saturated rings. The van der Waals surface area contributed by atoms with E-state index in [2.05, 4.69) is 5.32 Å². The van der Waals surface area contributed by atoms with E-state index >= 15 is 0 Å². The van der Waals surface area contributed by atoms with Crippen LogP contribution in [0.2, 0.25) is 0 Å². The number of carbonyl (C=O) groups is 3. The number of phenolic OH excluding ortho intramolecular Hbond substituents is 2. The average Bonchev–Trinajstić information content (AvgIpc) is 3.05. The highest BCUT2D eigenvalue weighted by atomic mass is 16.7. The monoisotopic (exact) mass is 633 g/mol. The third-order valence-electron chi connectivity index (χ3n) is 9.17. The molecule has 1 heterocycles. The van der Waals surface area contributed by atoms with Gasteiger partial charge in [0.25, 0.3) is 0 Å². The number of ether oxygens (including phenoxy) is 3. The minimum absolute atomic E-state index is 0.0472. The molecule has 0 amide bonds. The Balaban J connectivity index is 1.40. The summed E-state index contributed by atoms with van der Waals surface area (Å²) in [5.41, 5.74) is -2.59. The molecule has 0 radical (unpaired) electrons. The normalized spacial score (nSPS) is 27.0. The van der Waals surface area contributed by atoms with E-state index in [-0.39, 0.29) is 34.4 Å². The standard InChI is InChI=1S/C34H35NO11/c1-16-29(38)20(35-14-17-7-4-3-5-8-17)11-24(45-16)46-22-13-34(43,23(37)15-36)12-19-26(22)33(42)28-27(31(19)40)30(39)18-9-6-10-21(44-2)25(18)32(28)41/h3-10,16,20,22,24,29,35-36,38,40,42-43H,11-15H2,1-2H3/t16-,20-,22-,24-,29+,34-/m0/s1. The number of ketones is 3. The van der Waals surface area contributed by atoms with Crippen LogP contribution in [0.3, 0.4) is 0 Å². The molecule has 6 atom stereocenters. The maximum atomic E-state index is 13.8. The van der Waals surface area contributed by atoms with Gasteiger partial charge in [-0.2, -0.15) is 0 Å². The van der Waals surface area contributed by atoms with Gasteiger partial charge in [0, 0.05) is 48.5 Å². The van der Waals surface area contributed by atoms with Gasteiger partial charge in [0.15, 0.2) is 17.9 Å². The van der Waals surface area contributed by atoms with Gasteiger partial charge in [0.1, 0.15) is 29.5 Å². The molecule has 12 heteroatoms. The minimum Gasteiger partial charge on any atom is -0.507 e. The average molecular weight is 634 g/mol. The maximum Gasteiger partial charge on any atom is 0.202 e. The van der Waals surface area contributed by atoms with Crippen LogP contribution in [0, 0.1) is 0 Å². The molecule has 3 aromatic rings. The summed E-state index contributed by atoms with van der Waals surface area (Å²) in [5.74, 6) is -3.72. The lowest BCUT2D eigenvalue weighted by atomic mass is 9.72. The van der Waals surface area contributed by atoms with Crippen molar-refractivity contribution in [1.29, 1.82) is 0 Å². The number of rotatable bonds is 8. The van der Waals surface area contributed by atoms with Gasteiger partial charge in [-0.05, 0) is 18.6 Å². The predicted octanol–water partition coefficient (Wildman–Crippen LogP) is 1.83. The molecule has 3 aromatic carbocycles. The van der Waals surface area contributed by atoms with Crippen LogP contribution in [0.4, 0.5) is 0 Å². The van der Waals surface area contributed by atoms with E-state index in [1.54, 1.807) is 6.92 Å². The van der Waals surface area contributed by atoms with Crippen molar-refractivity contribution in [3.05, 3.63) is 87.5 Å². The van der Waals surface area contributed by atoms with Crippen molar-refractivity contribution in [2.75, 3.05) is 13.7 Å². The summed E-state index contributed by atoms with van der Waals surface area (Å²) in [7, 11) is 1.33. The summed E-state index contributed by atoms with van der Waals surface area (Å²) in [6, 6.07) is 13.5. The Morgan fingerprint density at radius 3 is 2.43 bits per heavy atom. The lowest BCUT2D eigenvalue weighted by molar-refractivity contribution is -0.250. The van der Waals surface area contributed by atoms with Crippen LogP contribution in [-0.2, 0) is 27.2 Å². The van der Waals surface area contributed by atoms with Gasteiger partial charge in [0.05, 0.1) is 42.1 Å². The van der Waals surface area contributed by atoms with E-state index in [9.17, 15) is 39.9 Å². The van der Waals surface area contributed by atoms with Crippen molar-refractivity contribution in [2.45, 2.75) is 69.0 Å². The van der Waals surface area contributed by atoms with Crippen molar-refractivity contribution < 1.29 is 54.1 Å². The second-order valence-electron chi connectivity index (χ2n) is 12.0. The zero-order chi connectivity index (χ0) is 32.9. The van der Waals surface area contributed by atoms with Crippen molar-refractivity contribution in [2.24, 2.45) is 0 Å². The van der Waals surface area contributed by atoms with Crippen molar-refractivity contribution >= 4 is 17.3 Å². The molecule has 12 nitrogen and oxygen atoms in total. The summed E-state index contributed by atoms with van der Waals surface area (Å²) >= 11 is 0. The van der Waals surface area contributed by atoms with Crippen molar-refractivity contribution in [3.8, 4) is 17.2 Å². The van der Waals surface area contributed by atoms with Crippen molar-refractivity contribution in [3.63, 3.8) is 0 Å². The molecule has 0 unspecified atom stereocenters. The topological polar surface area (TPSA) is 192 Å².